The van der Waals surface area contributed by atoms with E-state index >= 15 is 0 Å². The van der Waals surface area contributed by atoms with E-state index in [1.54, 1.807) is 28.7 Å². The van der Waals surface area contributed by atoms with Crippen molar-refractivity contribution < 1.29 is 4.39 Å². The Kier molecular flexibility index (Phi) is 2.99. The number of hydrogen-bond acceptors (Lipinski definition) is 3. The number of halogens is 1. The number of anilines is 1. The lowest BCUT2D eigenvalue weighted by Gasteiger charge is -2.26. The summed E-state index contributed by atoms with van der Waals surface area (Å²) in [6, 6.07) is 5.20. The van der Waals surface area contributed by atoms with Gasteiger partial charge in [-0.15, -0.1) is 11.8 Å². The maximum absolute atomic E-state index is 13.4. The quantitative estimate of drug-likeness (QED) is 0.902. The fourth-order valence-electron chi connectivity index (χ4n) is 2.21. The normalized spacial score (nSPS) is 18.4. The second kappa shape index (κ2) is 4.65. The number of hydrogen-bond donors (Lipinski definition) is 1. The third kappa shape index (κ3) is 2.22. The van der Waals surface area contributed by atoms with Crippen LogP contribution < -0.4 is 5.32 Å². The van der Waals surface area contributed by atoms with Crippen molar-refractivity contribution in [1.29, 1.82) is 0 Å². The van der Waals surface area contributed by atoms with Crippen molar-refractivity contribution in [2.45, 2.75) is 17.4 Å². The Labute approximate surface area is 109 Å². The lowest BCUT2D eigenvalue weighted by atomic mass is 10.0. The molecule has 1 atom stereocenters. The van der Waals surface area contributed by atoms with Gasteiger partial charge in [-0.3, -0.25) is 4.68 Å². The van der Waals surface area contributed by atoms with Crippen LogP contribution in [0, 0.1) is 5.82 Å². The highest BCUT2D eigenvalue weighted by Crippen LogP contribution is 2.38. The second-order valence-corrected chi connectivity index (χ2v) is 5.56. The van der Waals surface area contributed by atoms with E-state index in [2.05, 4.69) is 10.4 Å². The molecule has 0 aliphatic carbocycles. The van der Waals surface area contributed by atoms with Crippen LogP contribution in [0.1, 0.15) is 18.0 Å². The molecule has 3 rings (SSSR count). The first kappa shape index (κ1) is 11.6. The van der Waals surface area contributed by atoms with E-state index in [1.165, 1.54) is 11.0 Å². The van der Waals surface area contributed by atoms with Crippen LogP contribution in [-0.4, -0.2) is 15.5 Å². The van der Waals surface area contributed by atoms with Gasteiger partial charge in [-0.2, -0.15) is 5.10 Å². The molecule has 2 aromatic rings. The summed E-state index contributed by atoms with van der Waals surface area (Å²) in [6.07, 6.45) is 4.72. The minimum Gasteiger partial charge on any atom is -0.376 e. The highest BCUT2D eigenvalue weighted by molar-refractivity contribution is 7.99. The van der Waals surface area contributed by atoms with E-state index in [0.29, 0.717) is 0 Å². The largest absolute Gasteiger partial charge is 0.376 e. The third-order valence-electron chi connectivity index (χ3n) is 3.06. The molecule has 0 spiro atoms. The van der Waals surface area contributed by atoms with Gasteiger partial charge in [-0.25, -0.2) is 4.39 Å². The molecule has 3 nitrogen and oxygen atoms in total. The zero-order valence-electron chi connectivity index (χ0n) is 10.1. The molecule has 1 aromatic heterocycles. The fraction of sp³-hybridized carbons (Fsp3) is 0.308. The van der Waals surface area contributed by atoms with Crippen molar-refractivity contribution >= 4 is 17.4 Å². The summed E-state index contributed by atoms with van der Waals surface area (Å²) in [5.41, 5.74) is 2.03. The molecular weight excluding hydrogens is 249 g/mol. The summed E-state index contributed by atoms with van der Waals surface area (Å²) in [7, 11) is 1.88. The van der Waals surface area contributed by atoms with Gasteiger partial charge in [-0.05, 0) is 30.2 Å². The summed E-state index contributed by atoms with van der Waals surface area (Å²) in [4.78, 5) is 1.17. The maximum Gasteiger partial charge on any atom is 0.123 e. The number of rotatable bonds is 2. The topological polar surface area (TPSA) is 29.9 Å². The molecule has 0 bridgehead atoms. The molecule has 1 aliphatic heterocycles. The Morgan fingerprint density at radius 3 is 3.17 bits per heavy atom. The number of fused-ring (bicyclic) bond motifs is 1. The molecule has 0 saturated heterocycles. The monoisotopic (exact) mass is 263 g/mol. The van der Waals surface area contributed by atoms with Crippen molar-refractivity contribution in [1.82, 2.24) is 9.78 Å². The zero-order chi connectivity index (χ0) is 12.5. The van der Waals surface area contributed by atoms with Gasteiger partial charge in [0, 0.05) is 23.9 Å². The Bertz CT molecular complexity index is 567. The Morgan fingerprint density at radius 2 is 2.39 bits per heavy atom. The van der Waals surface area contributed by atoms with Crippen LogP contribution in [0.5, 0.6) is 0 Å². The summed E-state index contributed by atoms with van der Waals surface area (Å²) in [6.45, 7) is 0. The van der Waals surface area contributed by atoms with Crippen molar-refractivity contribution in [2.24, 2.45) is 7.05 Å². The molecule has 0 fully saturated rings. The van der Waals surface area contributed by atoms with Gasteiger partial charge in [0.25, 0.3) is 0 Å². The minimum atomic E-state index is -0.172. The summed E-state index contributed by atoms with van der Waals surface area (Å²) in [5, 5.41) is 7.55. The molecule has 94 valence electrons. The molecule has 0 radical (unpaired) electrons. The molecule has 1 aromatic carbocycles. The SMILES string of the molecule is Cn1cc(NC2CCSc3ccc(F)cc32)cn1. The van der Waals surface area contributed by atoms with Gasteiger partial charge in [0.05, 0.1) is 17.9 Å². The molecule has 2 heterocycles. The highest BCUT2D eigenvalue weighted by Gasteiger charge is 2.21. The lowest BCUT2D eigenvalue weighted by molar-refractivity contribution is 0.616. The maximum atomic E-state index is 13.4. The van der Waals surface area contributed by atoms with E-state index < -0.39 is 0 Å². The van der Waals surface area contributed by atoms with E-state index in [-0.39, 0.29) is 11.9 Å². The summed E-state index contributed by atoms with van der Waals surface area (Å²) < 4.78 is 15.1. The zero-order valence-corrected chi connectivity index (χ0v) is 10.9. The first-order chi connectivity index (χ1) is 8.72. The van der Waals surface area contributed by atoms with Crippen LogP contribution in [0.15, 0.2) is 35.5 Å². The predicted octanol–water partition coefficient (Wildman–Crippen LogP) is 3.21. The first-order valence-corrected chi connectivity index (χ1v) is 6.88. The average molecular weight is 263 g/mol. The van der Waals surface area contributed by atoms with Crippen molar-refractivity contribution in [2.75, 3.05) is 11.1 Å². The second-order valence-electron chi connectivity index (χ2n) is 4.42. The number of nitrogens with zero attached hydrogens (tertiary/aromatic N) is 2. The average Bonchev–Trinajstić information content (AvgIpc) is 2.76. The van der Waals surface area contributed by atoms with E-state index in [4.69, 9.17) is 0 Å². The van der Waals surface area contributed by atoms with Gasteiger partial charge in [0.15, 0.2) is 0 Å². The van der Waals surface area contributed by atoms with Crippen molar-refractivity contribution in [3.05, 3.63) is 42.0 Å². The fourth-order valence-corrected chi connectivity index (χ4v) is 3.32. The molecule has 1 N–H and O–H groups in total. The third-order valence-corrected chi connectivity index (χ3v) is 4.18. The van der Waals surface area contributed by atoms with Gasteiger partial charge < -0.3 is 5.32 Å². The number of benzene rings is 1. The number of thioether (sulfide) groups is 1. The van der Waals surface area contributed by atoms with Crippen LogP contribution >= 0.6 is 11.8 Å². The van der Waals surface area contributed by atoms with E-state index in [9.17, 15) is 4.39 Å². The summed E-state index contributed by atoms with van der Waals surface area (Å²) in [5.74, 6) is 0.880. The first-order valence-electron chi connectivity index (χ1n) is 5.90. The van der Waals surface area contributed by atoms with Crippen molar-refractivity contribution in [3.8, 4) is 0 Å². The Hall–Kier alpha value is -1.49. The molecule has 5 heteroatoms. The van der Waals surface area contributed by atoms with Gasteiger partial charge in [0.2, 0.25) is 0 Å². The molecule has 1 aliphatic rings. The van der Waals surface area contributed by atoms with Crippen LogP contribution in [0.3, 0.4) is 0 Å². The van der Waals surface area contributed by atoms with E-state index in [0.717, 1.165) is 23.4 Å². The molecular formula is C13H14FN3S. The van der Waals surface area contributed by atoms with Gasteiger partial charge in [0.1, 0.15) is 5.82 Å². The van der Waals surface area contributed by atoms with Crippen LogP contribution in [0.4, 0.5) is 10.1 Å². The Morgan fingerprint density at radius 1 is 1.50 bits per heavy atom. The number of nitrogens with one attached hydrogen (secondary N) is 1. The summed E-state index contributed by atoms with van der Waals surface area (Å²) >= 11 is 1.79. The smallest absolute Gasteiger partial charge is 0.123 e. The number of aryl methyl sites for hydroxylation is 1. The highest BCUT2D eigenvalue weighted by atomic mass is 32.2. The lowest BCUT2D eigenvalue weighted by Crippen LogP contribution is -2.16. The predicted molar refractivity (Wildman–Crippen MR) is 71.3 cm³/mol. The molecule has 18 heavy (non-hydrogen) atoms. The van der Waals surface area contributed by atoms with Gasteiger partial charge >= 0.3 is 0 Å². The molecule has 0 amide bonds. The van der Waals surface area contributed by atoms with Crippen molar-refractivity contribution in [3.63, 3.8) is 0 Å². The minimum absolute atomic E-state index is 0.168. The molecule has 0 saturated carbocycles. The van der Waals surface area contributed by atoms with Crippen LogP contribution in [0.25, 0.3) is 0 Å². The van der Waals surface area contributed by atoms with Crippen LogP contribution in [-0.2, 0) is 7.05 Å². The van der Waals surface area contributed by atoms with Gasteiger partial charge in [-0.1, -0.05) is 0 Å². The Balaban J connectivity index is 1.88. The van der Waals surface area contributed by atoms with E-state index in [1.807, 2.05) is 19.3 Å². The molecule has 1 unspecified atom stereocenters. The number of aromatic nitrogens is 2. The van der Waals surface area contributed by atoms with Crippen LogP contribution in [0.2, 0.25) is 0 Å². The standard InChI is InChI=1S/C13H14FN3S/c1-17-8-10(7-15-17)16-12-4-5-18-13-3-2-9(14)6-11(12)13/h2-3,6-8,12,16H,4-5H2,1H3.